The van der Waals surface area contributed by atoms with Crippen molar-refractivity contribution in [3.05, 3.63) is 10.6 Å². The third-order valence-corrected chi connectivity index (χ3v) is 5.59. The summed E-state index contributed by atoms with van der Waals surface area (Å²) >= 11 is 3.13. The number of hydrogen-bond donors (Lipinski definition) is 1. The Balaban J connectivity index is 2.27. The van der Waals surface area contributed by atoms with Crippen LogP contribution in [-0.2, 0) is 0 Å². The van der Waals surface area contributed by atoms with Crippen molar-refractivity contribution in [1.82, 2.24) is 4.98 Å². The maximum absolute atomic E-state index is 11.5. The summed E-state index contributed by atoms with van der Waals surface area (Å²) in [5, 5.41) is 10.3. The highest BCUT2D eigenvalue weighted by atomic mass is 32.2. The molecule has 1 fully saturated rings. The standard InChI is InChI=1S/C12H16N2O3S2/c1-3-8-6-14(4-5-18-8)12-13-9(11(16)17)10(19-12)7(2)15/h8H,3-6H2,1-2H3,(H,16,17). The number of nitrogens with zero attached hydrogens (tertiary/aromatic N) is 2. The number of rotatable bonds is 4. The van der Waals surface area contributed by atoms with E-state index in [1.54, 1.807) is 0 Å². The Hall–Kier alpha value is -1.08. The van der Waals surface area contributed by atoms with Gasteiger partial charge in [0, 0.05) is 31.0 Å². The zero-order chi connectivity index (χ0) is 14.0. The van der Waals surface area contributed by atoms with Crippen molar-refractivity contribution in [2.75, 3.05) is 23.7 Å². The van der Waals surface area contributed by atoms with E-state index < -0.39 is 5.97 Å². The van der Waals surface area contributed by atoms with Crippen LogP contribution < -0.4 is 4.90 Å². The molecule has 104 valence electrons. The van der Waals surface area contributed by atoms with Crippen LogP contribution in [0.2, 0.25) is 0 Å². The fraction of sp³-hybridized carbons (Fsp3) is 0.583. The van der Waals surface area contributed by atoms with E-state index in [2.05, 4.69) is 16.8 Å². The quantitative estimate of drug-likeness (QED) is 0.861. The third-order valence-electron chi connectivity index (χ3n) is 3.00. The molecule has 2 heterocycles. The van der Waals surface area contributed by atoms with Crippen molar-refractivity contribution in [3.63, 3.8) is 0 Å². The molecule has 1 aliphatic heterocycles. The fourth-order valence-corrected chi connectivity index (χ4v) is 4.14. The third kappa shape index (κ3) is 3.09. The molecule has 0 aliphatic carbocycles. The molecular weight excluding hydrogens is 284 g/mol. The van der Waals surface area contributed by atoms with E-state index in [1.165, 1.54) is 18.3 Å². The van der Waals surface area contributed by atoms with Crippen molar-refractivity contribution < 1.29 is 14.7 Å². The number of ketones is 1. The molecule has 1 unspecified atom stereocenters. The second-order valence-electron chi connectivity index (χ2n) is 4.38. The van der Waals surface area contributed by atoms with Gasteiger partial charge in [0.1, 0.15) is 4.88 Å². The smallest absolute Gasteiger partial charge is 0.356 e. The summed E-state index contributed by atoms with van der Waals surface area (Å²) in [5.41, 5.74) is -0.112. The molecule has 0 radical (unpaired) electrons. The topological polar surface area (TPSA) is 70.5 Å². The average Bonchev–Trinajstić information content (AvgIpc) is 2.84. The Morgan fingerprint density at radius 3 is 2.79 bits per heavy atom. The van der Waals surface area contributed by atoms with Gasteiger partial charge in [-0.1, -0.05) is 18.3 Å². The molecule has 0 bridgehead atoms. The maximum Gasteiger partial charge on any atom is 0.356 e. The van der Waals surface area contributed by atoms with Gasteiger partial charge in [-0.05, 0) is 6.42 Å². The molecule has 0 amide bonds. The van der Waals surface area contributed by atoms with Crippen LogP contribution >= 0.6 is 23.1 Å². The van der Waals surface area contributed by atoms with Crippen molar-refractivity contribution in [3.8, 4) is 0 Å². The first kappa shape index (κ1) is 14.3. The minimum Gasteiger partial charge on any atom is -0.476 e. The average molecular weight is 300 g/mol. The minimum absolute atomic E-state index is 0.112. The van der Waals surface area contributed by atoms with E-state index in [-0.39, 0.29) is 16.4 Å². The van der Waals surface area contributed by atoms with Gasteiger partial charge < -0.3 is 10.0 Å². The number of hydrogen-bond acceptors (Lipinski definition) is 6. The Bertz CT molecular complexity index is 470. The lowest BCUT2D eigenvalue weighted by Crippen LogP contribution is -2.37. The van der Waals surface area contributed by atoms with Gasteiger partial charge in [-0.15, -0.1) is 0 Å². The Morgan fingerprint density at radius 1 is 1.53 bits per heavy atom. The molecule has 0 saturated carbocycles. The Labute approximate surface area is 120 Å². The highest BCUT2D eigenvalue weighted by Gasteiger charge is 2.26. The van der Waals surface area contributed by atoms with Crippen LogP contribution in [0, 0.1) is 0 Å². The first-order chi connectivity index (χ1) is 9.02. The van der Waals surface area contributed by atoms with Gasteiger partial charge in [0.2, 0.25) is 0 Å². The normalized spacial score (nSPS) is 19.5. The van der Waals surface area contributed by atoms with E-state index in [0.717, 1.165) is 25.3 Å². The van der Waals surface area contributed by atoms with Crippen LogP contribution in [0.25, 0.3) is 0 Å². The van der Waals surface area contributed by atoms with Crippen LogP contribution in [0.1, 0.15) is 40.4 Å². The second kappa shape index (κ2) is 5.92. The number of Topliss-reactive ketones (excluding diaryl/α,β-unsaturated/α-hetero) is 1. The summed E-state index contributed by atoms with van der Waals surface area (Å²) in [4.78, 5) is 29.1. The van der Waals surface area contributed by atoms with Crippen LogP contribution in [-0.4, -0.2) is 45.9 Å². The first-order valence-electron chi connectivity index (χ1n) is 6.14. The zero-order valence-electron chi connectivity index (χ0n) is 10.9. The van der Waals surface area contributed by atoms with Crippen molar-refractivity contribution in [1.29, 1.82) is 0 Å². The van der Waals surface area contributed by atoms with Crippen LogP contribution in [0.3, 0.4) is 0 Å². The highest BCUT2D eigenvalue weighted by Crippen LogP contribution is 2.31. The van der Waals surface area contributed by atoms with E-state index in [1.807, 2.05) is 11.8 Å². The summed E-state index contributed by atoms with van der Waals surface area (Å²) < 4.78 is 0. The predicted molar refractivity (Wildman–Crippen MR) is 77.8 cm³/mol. The Kier molecular flexibility index (Phi) is 4.46. The van der Waals surface area contributed by atoms with E-state index in [0.29, 0.717) is 10.4 Å². The van der Waals surface area contributed by atoms with Gasteiger partial charge in [0.15, 0.2) is 16.6 Å². The van der Waals surface area contributed by atoms with E-state index in [9.17, 15) is 9.59 Å². The number of aromatic nitrogens is 1. The minimum atomic E-state index is -1.13. The van der Waals surface area contributed by atoms with Gasteiger partial charge in [-0.25, -0.2) is 9.78 Å². The molecule has 0 aromatic carbocycles. The van der Waals surface area contributed by atoms with Crippen molar-refractivity contribution in [2.24, 2.45) is 0 Å². The second-order valence-corrected chi connectivity index (χ2v) is 6.77. The molecule has 5 nitrogen and oxygen atoms in total. The summed E-state index contributed by atoms with van der Waals surface area (Å²) in [6.45, 7) is 5.24. The maximum atomic E-state index is 11.5. The van der Waals surface area contributed by atoms with E-state index >= 15 is 0 Å². The molecule has 1 atom stereocenters. The molecule has 1 aromatic rings. The van der Waals surface area contributed by atoms with Gasteiger partial charge in [-0.2, -0.15) is 11.8 Å². The largest absolute Gasteiger partial charge is 0.476 e. The molecule has 19 heavy (non-hydrogen) atoms. The lowest BCUT2D eigenvalue weighted by Gasteiger charge is -2.31. The van der Waals surface area contributed by atoms with Gasteiger partial charge in [-0.3, -0.25) is 4.79 Å². The van der Waals surface area contributed by atoms with Gasteiger partial charge in [0.05, 0.1) is 0 Å². The Morgan fingerprint density at radius 2 is 2.26 bits per heavy atom. The molecule has 7 heteroatoms. The number of carbonyl (C=O) groups is 2. The number of anilines is 1. The number of carboxylic acid groups (broad SMARTS) is 1. The summed E-state index contributed by atoms with van der Waals surface area (Å²) in [6, 6.07) is 0. The number of aromatic carboxylic acids is 1. The monoisotopic (exact) mass is 300 g/mol. The van der Waals surface area contributed by atoms with Gasteiger partial charge in [0.25, 0.3) is 0 Å². The molecule has 2 rings (SSSR count). The van der Waals surface area contributed by atoms with Crippen LogP contribution in [0.15, 0.2) is 0 Å². The highest BCUT2D eigenvalue weighted by molar-refractivity contribution is 8.00. The van der Waals surface area contributed by atoms with Crippen molar-refractivity contribution in [2.45, 2.75) is 25.5 Å². The van der Waals surface area contributed by atoms with Crippen molar-refractivity contribution >= 4 is 40.0 Å². The number of carbonyl (C=O) groups excluding carboxylic acids is 1. The summed E-state index contributed by atoms with van der Waals surface area (Å²) in [5.74, 6) is -0.360. The molecule has 0 spiro atoms. The molecular formula is C12H16N2O3S2. The molecule has 1 saturated heterocycles. The summed E-state index contributed by atoms with van der Waals surface area (Å²) in [6.07, 6.45) is 1.08. The lowest BCUT2D eigenvalue weighted by atomic mass is 10.3. The lowest BCUT2D eigenvalue weighted by molar-refractivity contribution is 0.0687. The molecule has 1 N–H and O–H groups in total. The summed E-state index contributed by atoms with van der Waals surface area (Å²) in [7, 11) is 0. The SMILES string of the molecule is CCC1CN(c2nc(C(=O)O)c(C(C)=O)s2)CCS1. The van der Waals surface area contributed by atoms with Gasteiger partial charge >= 0.3 is 5.97 Å². The predicted octanol–water partition coefficient (Wildman–Crippen LogP) is 2.38. The van der Waals surface area contributed by atoms with Crippen LogP contribution in [0.5, 0.6) is 0 Å². The fourth-order valence-electron chi connectivity index (χ4n) is 1.97. The zero-order valence-corrected chi connectivity index (χ0v) is 12.5. The van der Waals surface area contributed by atoms with E-state index in [4.69, 9.17) is 5.11 Å². The molecule has 1 aliphatic rings. The molecule has 1 aromatic heterocycles. The first-order valence-corrected chi connectivity index (χ1v) is 8.01. The number of thioether (sulfide) groups is 1. The number of carboxylic acids is 1. The number of thiazole rings is 1. The van der Waals surface area contributed by atoms with Crippen LogP contribution in [0.4, 0.5) is 5.13 Å².